The second kappa shape index (κ2) is 8.37. The number of carbonyl (C=O) groups excluding carboxylic acids is 1. The van der Waals surface area contributed by atoms with Gasteiger partial charge < -0.3 is 15.2 Å². The Morgan fingerprint density at radius 3 is 2.33 bits per heavy atom. The zero-order valence-electron chi connectivity index (χ0n) is 15.8. The van der Waals surface area contributed by atoms with Crippen LogP contribution in [-0.2, 0) is 19.6 Å². The molecule has 1 fully saturated rings. The Labute approximate surface area is 159 Å². The van der Waals surface area contributed by atoms with Crippen molar-refractivity contribution < 1.29 is 27.9 Å². The van der Waals surface area contributed by atoms with Gasteiger partial charge in [-0.1, -0.05) is 19.9 Å². The number of hydrogen-bond acceptors (Lipinski definition) is 5. The third-order valence-corrected chi connectivity index (χ3v) is 7.07. The van der Waals surface area contributed by atoms with Gasteiger partial charge in [-0.15, -0.1) is 0 Å². The Morgan fingerprint density at radius 1 is 1.22 bits per heavy atom. The predicted molar refractivity (Wildman–Crippen MR) is 99.2 cm³/mol. The molecule has 0 bridgehead atoms. The summed E-state index contributed by atoms with van der Waals surface area (Å²) in [5.41, 5.74) is -0.770. The summed E-state index contributed by atoms with van der Waals surface area (Å²) in [5, 5.41) is 12.2. The molecule has 1 heterocycles. The quantitative estimate of drug-likeness (QED) is 0.718. The number of benzene rings is 1. The van der Waals surface area contributed by atoms with E-state index in [0.29, 0.717) is 18.7 Å². The number of ether oxygens (including phenoxy) is 1. The van der Waals surface area contributed by atoms with Gasteiger partial charge in [0.05, 0.1) is 4.90 Å². The topological polar surface area (TPSA) is 113 Å². The molecule has 0 spiro atoms. The first-order chi connectivity index (χ1) is 12.7. The average molecular weight is 398 g/mol. The van der Waals surface area contributed by atoms with E-state index in [9.17, 15) is 23.1 Å². The number of sulfonamides is 1. The number of carboxylic acids is 1. The minimum absolute atomic E-state index is 0.0511. The van der Waals surface area contributed by atoms with Crippen molar-refractivity contribution in [3.8, 4) is 0 Å². The van der Waals surface area contributed by atoms with Crippen LogP contribution in [0, 0.1) is 6.92 Å². The summed E-state index contributed by atoms with van der Waals surface area (Å²) >= 11 is 0. The van der Waals surface area contributed by atoms with Crippen LogP contribution in [-0.4, -0.2) is 61.5 Å². The van der Waals surface area contributed by atoms with E-state index in [1.807, 2.05) is 0 Å². The Hall–Kier alpha value is -1.97. The molecule has 8 nitrogen and oxygen atoms in total. The molecule has 1 aromatic carbocycles. The van der Waals surface area contributed by atoms with Crippen LogP contribution in [0.1, 0.15) is 42.6 Å². The summed E-state index contributed by atoms with van der Waals surface area (Å²) in [5.74, 6) is -1.74. The molecule has 2 rings (SSSR count). The molecule has 1 amide bonds. The summed E-state index contributed by atoms with van der Waals surface area (Å²) in [4.78, 5) is 24.5. The number of carboxylic acid groups (broad SMARTS) is 1. The monoisotopic (exact) mass is 398 g/mol. The van der Waals surface area contributed by atoms with E-state index in [0.717, 1.165) is 0 Å². The van der Waals surface area contributed by atoms with Gasteiger partial charge in [-0.2, -0.15) is 4.31 Å². The zero-order valence-corrected chi connectivity index (χ0v) is 16.6. The number of amides is 1. The maximum absolute atomic E-state index is 12.8. The van der Waals surface area contributed by atoms with Crippen LogP contribution >= 0.6 is 0 Å². The highest BCUT2D eigenvalue weighted by Crippen LogP contribution is 2.24. The van der Waals surface area contributed by atoms with Crippen molar-refractivity contribution in [2.45, 2.75) is 44.0 Å². The molecule has 0 radical (unpaired) electrons. The third kappa shape index (κ3) is 4.31. The van der Waals surface area contributed by atoms with Gasteiger partial charge in [0.1, 0.15) is 5.54 Å². The SMILES string of the molecule is CCN(CC)S(=O)(=O)c1cc(C(=O)NC2(C(=O)O)CCOCC2)ccc1C. The zero-order chi connectivity index (χ0) is 20.2. The summed E-state index contributed by atoms with van der Waals surface area (Å²) < 4.78 is 32.2. The van der Waals surface area contributed by atoms with Crippen LogP contribution in [0.25, 0.3) is 0 Å². The number of aliphatic carboxylic acids is 1. The van der Waals surface area contributed by atoms with Crippen LogP contribution in [0.4, 0.5) is 0 Å². The summed E-state index contributed by atoms with van der Waals surface area (Å²) in [6, 6.07) is 4.37. The highest BCUT2D eigenvalue weighted by molar-refractivity contribution is 7.89. The van der Waals surface area contributed by atoms with E-state index in [2.05, 4.69) is 5.32 Å². The Kier molecular flexibility index (Phi) is 6.61. The molecule has 150 valence electrons. The van der Waals surface area contributed by atoms with E-state index >= 15 is 0 Å². The van der Waals surface area contributed by atoms with Crippen molar-refractivity contribution in [3.63, 3.8) is 0 Å². The molecule has 0 atom stereocenters. The van der Waals surface area contributed by atoms with Gasteiger partial charge >= 0.3 is 5.97 Å². The minimum atomic E-state index is -3.74. The van der Waals surface area contributed by atoms with Crippen molar-refractivity contribution >= 4 is 21.9 Å². The van der Waals surface area contributed by atoms with Crippen LogP contribution in [0.2, 0.25) is 0 Å². The molecule has 1 aliphatic rings. The van der Waals surface area contributed by atoms with Gasteiger partial charge in [-0.25, -0.2) is 13.2 Å². The fourth-order valence-corrected chi connectivity index (χ4v) is 4.83. The lowest BCUT2D eigenvalue weighted by Gasteiger charge is -2.33. The highest BCUT2D eigenvalue weighted by Gasteiger charge is 2.42. The van der Waals surface area contributed by atoms with Gasteiger partial charge in [0.25, 0.3) is 5.91 Å². The van der Waals surface area contributed by atoms with Gasteiger partial charge in [-0.3, -0.25) is 4.79 Å². The summed E-state index contributed by atoms with van der Waals surface area (Å²) in [6.07, 6.45) is 0.315. The van der Waals surface area contributed by atoms with E-state index in [-0.39, 0.29) is 36.5 Å². The highest BCUT2D eigenvalue weighted by atomic mass is 32.2. The van der Waals surface area contributed by atoms with Crippen LogP contribution in [0.3, 0.4) is 0 Å². The molecule has 27 heavy (non-hydrogen) atoms. The molecule has 0 saturated carbocycles. The van der Waals surface area contributed by atoms with E-state index < -0.39 is 27.4 Å². The molecular weight excluding hydrogens is 372 g/mol. The molecule has 2 N–H and O–H groups in total. The number of nitrogens with one attached hydrogen (secondary N) is 1. The first-order valence-corrected chi connectivity index (χ1v) is 10.4. The largest absolute Gasteiger partial charge is 0.480 e. The third-order valence-electron chi connectivity index (χ3n) is 4.88. The van der Waals surface area contributed by atoms with Crippen LogP contribution < -0.4 is 5.32 Å². The normalized spacial score (nSPS) is 16.9. The van der Waals surface area contributed by atoms with Gasteiger partial charge in [-0.05, 0) is 24.6 Å². The Bertz CT molecular complexity index is 811. The van der Waals surface area contributed by atoms with Crippen molar-refractivity contribution in [1.29, 1.82) is 0 Å². The number of rotatable bonds is 7. The Morgan fingerprint density at radius 2 is 1.81 bits per heavy atom. The lowest BCUT2D eigenvalue weighted by molar-refractivity contribution is -0.148. The summed E-state index contributed by atoms with van der Waals surface area (Å²) in [7, 11) is -3.74. The summed E-state index contributed by atoms with van der Waals surface area (Å²) in [6.45, 7) is 6.26. The van der Waals surface area contributed by atoms with Gasteiger partial charge in [0, 0.05) is 44.7 Å². The van der Waals surface area contributed by atoms with E-state index in [4.69, 9.17) is 4.74 Å². The predicted octanol–water partition coefficient (Wildman–Crippen LogP) is 1.39. The number of carbonyl (C=O) groups is 2. The first-order valence-electron chi connectivity index (χ1n) is 8.92. The Balaban J connectivity index is 2.37. The van der Waals surface area contributed by atoms with Gasteiger partial charge in [0.15, 0.2) is 0 Å². The molecule has 1 aromatic rings. The van der Waals surface area contributed by atoms with Crippen molar-refractivity contribution in [2.75, 3.05) is 26.3 Å². The van der Waals surface area contributed by atoms with Crippen LogP contribution in [0.15, 0.2) is 23.1 Å². The molecule has 0 unspecified atom stereocenters. The van der Waals surface area contributed by atoms with Crippen LogP contribution in [0.5, 0.6) is 0 Å². The maximum atomic E-state index is 12.8. The van der Waals surface area contributed by atoms with E-state index in [1.54, 1.807) is 26.8 Å². The molecule has 9 heteroatoms. The minimum Gasteiger partial charge on any atom is -0.480 e. The second-order valence-electron chi connectivity index (χ2n) is 6.52. The second-order valence-corrected chi connectivity index (χ2v) is 8.43. The molecule has 1 saturated heterocycles. The molecular formula is C18H26N2O6S. The smallest absolute Gasteiger partial charge is 0.329 e. The average Bonchev–Trinajstić information content (AvgIpc) is 2.63. The molecule has 0 aromatic heterocycles. The lowest BCUT2D eigenvalue weighted by atomic mass is 9.89. The van der Waals surface area contributed by atoms with Crippen molar-refractivity contribution in [1.82, 2.24) is 9.62 Å². The maximum Gasteiger partial charge on any atom is 0.329 e. The first kappa shape index (κ1) is 21.3. The van der Waals surface area contributed by atoms with Crippen molar-refractivity contribution in [2.24, 2.45) is 0 Å². The molecule has 0 aliphatic carbocycles. The number of hydrogen-bond donors (Lipinski definition) is 2. The molecule has 1 aliphatic heterocycles. The fraction of sp³-hybridized carbons (Fsp3) is 0.556. The fourth-order valence-electron chi connectivity index (χ4n) is 3.12. The van der Waals surface area contributed by atoms with Crippen molar-refractivity contribution in [3.05, 3.63) is 29.3 Å². The number of nitrogens with zero attached hydrogens (tertiary/aromatic N) is 1. The van der Waals surface area contributed by atoms with Gasteiger partial charge in [0.2, 0.25) is 10.0 Å². The number of aryl methyl sites for hydroxylation is 1. The standard InChI is InChI=1S/C18H26N2O6S/c1-4-20(5-2)27(24,25)15-12-14(7-6-13(15)3)16(21)19-18(17(22)23)8-10-26-11-9-18/h6-7,12H,4-5,8-11H2,1-3H3,(H,19,21)(H,22,23). The lowest BCUT2D eigenvalue weighted by Crippen LogP contribution is -2.57. The van der Waals surface area contributed by atoms with E-state index in [1.165, 1.54) is 16.4 Å².